The molecule has 0 amide bonds. The number of esters is 1. The summed E-state index contributed by atoms with van der Waals surface area (Å²) in [6, 6.07) is 14.8. The fraction of sp³-hybridized carbons (Fsp3) is 0.258. The summed E-state index contributed by atoms with van der Waals surface area (Å²) in [5.41, 5.74) is 4.35. The molecule has 8 heteroatoms. The highest BCUT2D eigenvalue weighted by atomic mass is 32.1. The van der Waals surface area contributed by atoms with Crippen LogP contribution in [-0.2, 0) is 16.1 Å². The number of carbonyl (C=O) groups excluding carboxylic acids is 1. The molecule has 5 rings (SSSR count). The molecule has 2 aromatic heterocycles. The first kappa shape index (κ1) is 26.3. The minimum Gasteiger partial charge on any atom is -0.494 e. The van der Waals surface area contributed by atoms with Gasteiger partial charge in [0.05, 0.1) is 41.6 Å². The van der Waals surface area contributed by atoms with Crippen LogP contribution in [-0.4, -0.2) is 28.3 Å². The SMILES string of the molecule is C#CCn1c(C)c(/C=c2\sc3n(c2=O)[C@@H](c2ccc(OCC)cc2)C(C(=O)OCC)=C(C)N=3)c2ccccc21. The van der Waals surface area contributed by atoms with Crippen molar-refractivity contribution in [1.29, 1.82) is 0 Å². The Morgan fingerprint density at radius 3 is 2.56 bits per heavy atom. The van der Waals surface area contributed by atoms with Crippen molar-refractivity contribution in [3.63, 3.8) is 0 Å². The molecule has 39 heavy (non-hydrogen) atoms. The summed E-state index contributed by atoms with van der Waals surface area (Å²) in [4.78, 5) is 32.4. The lowest BCUT2D eigenvalue weighted by Crippen LogP contribution is -2.39. The van der Waals surface area contributed by atoms with Crippen molar-refractivity contribution in [2.75, 3.05) is 13.2 Å². The number of nitrogens with zero attached hydrogens (tertiary/aromatic N) is 3. The summed E-state index contributed by atoms with van der Waals surface area (Å²) in [6.07, 6.45) is 7.56. The van der Waals surface area contributed by atoms with Crippen molar-refractivity contribution in [3.8, 4) is 18.1 Å². The topological polar surface area (TPSA) is 74.8 Å². The minimum atomic E-state index is -0.679. The Hall–Kier alpha value is -4.35. The normalized spacial score (nSPS) is 15.2. The lowest BCUT2D eigenvalue weighted by atomic mass is 9.96. The molecule has 0 aliphatic carbocycles. The molecule has 1 aliphatic heterocycles. The van der Waals surface area contributed by atoms with Crippen molar-refractivity contribution < 1.29 is 14.3 Å². The number of allylic oxidation sites excluding steroid dienone is 1. The number of hydrogen-bond donors (Lipinski definition) is 0. The number of rotatable bonds is 7. The number of benzene rings is 2. The first-order chi connectivity index (χ1) is 18.9. The number of hydrogen-bond acceptors (Lipinski definition) is 6. The number of thiazole rings is 1. The molecular formula is C31H29N3O4S. The molecule has 0 bridgehead atoms. The number of terminal acetylenes is 1. The summed E-state index contributed by atoms with van der Waals surface area (Å²) in [5.74, 6) is 2.95. The summed E-state index contributed by atoms with van der Waals surface area (Å²) >= 11 is 1.30. The zero-order valence-corrected chi connectivity index (χ0v) is 23.2. The molecule has 0 fully saturated rings. The standard InChI is InChI=1S/C31H29N3O4S/c1-6-17-33-20(5)24(23-11-9-10-12-25(23)33)18-26-29(35)34-28(21-13-15-22(16-14-21)37-7-2)27(30(36)38-8-3)19(4)32-31(34)39-26/h1,9-16,18,28H,7-8,17H2,2-5H3/b26-18-/t28-/m0/s1. The predicted molar refractivity (Wildman–Crippen MR) is 154 cm³/mol. The van der Waals surface area contributed by atoms with Crippen molar-refractivity contribution in [1.82, 2.24) is 9.13 Å². The monoisotopic (exact) mass is 539 g/mol. The van der Waals surface area contributed by atoms with E-state index >= 15 is 0 Å². The average Bonchev–Trinajstić information content (AvgIpc) is 3.37. The Balaban J connectivity index is 1.74. The molecule has 198 valence electrons. The van der Waals surface area contributed by atoms with Gasteiger partial charge in [-0.1, -0.05) is 47.6 Å². The van der Waals surface area contributed by atoms with E-state index < -0.39 is 12.0 Å². The van der Waals surface area contributed by atoms with Crippen LogP contribution in [0.2, 0.25) is 0 Å². The van der Waals surface area contributed by atoms with Gasteiger partial charge in [0, 0.05) is 22.2 Å². The molecule has 1 atom stereocenters. The van der Waals surface area contributed by atoms with Gasteiger partial charge >= 0.3 is 5.97 Å². The molecule has 0 unspecified atom stereocenters. The Kier molecular flexibility index (Phi) is 7.27. The van der Waals surface area contributed by atoms with E-state index in [1.54, 1.807) is 18.4 Å². The Labute approximate surface area is 230 Å². The van der Waals surface area contributed by atoms with Gasteiger partial charge in [-0.05, 0) is 57.5 Å². The second kappa shape index (κ2) is 10.8. The fourth-order valence-corrected chi connectivity index (χ4v) is 6.11. The lowest BCUT2D eigenvalue weighted by molar-refractivity contribution is -0.139. The predicted octanol–water partition coefficient (Wildman–Crippen LogP) is 4.09. The van der Waals surface area contributed by atoms with E-state index in [-0.39, 0.29) is 12.2 Å². The van der Waals surface area contributed by atoms with E-state index in [4.69, 9.17) is 15.9 Å². The highest BCUT2D eigenvalue weighted by molar-refractivity contribution is 7.07. The first-order valence-corrected chi connectivity index (χ1v) is 13.6. The van der Waals surface area contributed by atoms with Crippen LogP contribution in [0.5, 0.6) is 5.75 Å². The molecule has 2 aromatic carbocycles. The van der Waals surface area contributed by atoms with E-state index in [1.165, 1.54) is 11.3 Å². The molecule has 0 saturated carbocycles. The van der Waals surface area contributed by atoms with Crippen LogP contribution in [0.1, 0.15) is 43.6 Å². The molecule has 3 heterocycles. The zero-order valence-electron chi connectivity index (χ0n) is 22.4. The van der Waals surface area contributed by atoms with Crippen LogP contribution < -0.4 is 19.6 Å². The van der Waals surface area contributed by atoms with Crippen LogP contribution in [0.3, 0.4) is 0 Å². The molecule has 1 aliphatic rings. The van der Waals surface area contributed by atoms with Gasteiger partial charge < -0.3 is 14.0 Å². The van der Waals surface area contributed by atoms with E-state index in [0.717, 1.165) is 27.7 Å². The number of aromatic nitrogens is 2. The van der Waals surface area contributed by atoms with E-state index in [2.05, 4.69) is 15.5 Å². The highest BCUT2D eigenvalue weighted by Crippen LogP contribution is 2.32. The summed E-state index contributed by atoms with van der Waals surface area (Å²) in [6.45, 7) is 8.66. The summed E-state index contributed by atoms with van der Waals surface area (Å²) in [5, 5.41) is 1.02. The van der Waals surface area contributed by atoms with Crippen LogP contribution in [0.25, 0.3) is 17.0 Å². The smallest absolute Gasteiger partial charge is 0.338 e. The second-order valence-corrected chi connectivity index (χ2v) is 10.1. The van der Waals surface area contributed by atoms with Crippen LogP contribution in [0, 0.1) is 19.3 Å². The number of carbonyl (C=O) groups is 1. The van der Waals surface area contributed by atoms with Crippen molar-refractivity contribution >= 4 is 34.3 Å². The third kappa shape index (κ3) is 4.59. The molecular weight excluding hydrogens is 510 g/mol. The fourth-order valence-electron chi connectivity index (χ4n) is 5.09. The quantitative estimate of drug-likeness (QED) is 0.262. The zero-order chi connectivity index (χ0) is 27.7. The molecule has 0 N–H and O–H groups in total. The highest BCUT2D eigenvalue weighted by Gasteiger charge is 2.33. The molecule has 0 saturated heterocycles. The molecule has 7 nitrogen and oxygen atoms in total. The largest absolute Gasteiger partial charge is 0.494 e. The van der Waals surface area contributed by atoms with Gasteiger partial charge in [-0.15, -0.1) is 6.42 Å². The maximum absolute atomic E-state index is 14.0. The average molecular weight is 540 g/mol. The second-order valence-electron chi connectivity index (χ2n) is 9.11. The number of ether oxygens (including phenoxy) is 2. The Morgan fingerprint density at radius 1 is 1.13 bits per heavy atom. The van der Waals surface area contributed by atoms with Crippen LogP contribution in [0.4, 0.5) is 0 Å². The van der Waals surface area contributed by atoms with E-state index in [9.17, 15) is 9.59 Å². The molecule has 0 radical (unpaired) electrons. The number of fused-ring (bicyclic) bond motifs is 2. The van der Waals surface area contributed by atoms with Gasteiger partial charge in [0.15, 0.2) is 4.80 Å². The number of para-hydroxylation sites is 1. The maximum atomic E-state index is 14.0. The van der Waals surface area contributed by atoms with Crippen LogP contribution >= 0.6 is 11.3 Å². The molecule has 4 aromatic rings. The third-order valence-corrected chi connectivity index (χ3v) is 7.81. The van der Waals surface area contributed by atoms with Gasteiger partial charge in [0.25, 0.3) is 5.56 Å². The van der Waals surface area contributed by atoms with Gasteiger partial charge in [-0.3, -0.25) is 9.36 Å². The summed E-state index contributed by atoms with van der Waals surface area (Å²) < 4.78 is 15.2. The first-order valence-electron chi connectivity index (χ1n) is 12.8. The van der Waals surface area contributed by atoms with E-state index in [1.807, 2.05) is 68.5 Å². The third-order valence-electron chi connectivity index (χ3n) is 6.83. The van der Waals surface area contributed by atoms with Crippen molar-refractivity contribution in [2.45, 2.75) is 40.3 Å². The van der Waals surface area contributed by atoms with Crippen molar-refractivity contribution in [2.24, 2.45) is 4.99 Å². The Bertz CT molecular complexity index is 1830. The van der Waals surface area contributed by atoms with E-state index in [0.29, 0.717) is 39.5 Å². The van der Waals surface area contributed by atoms with Gasteiger partial charge in [0.2, 0.25) is 0 Å². The van der Waals surface area contributed by atoms with Crippen molar-refractivity contribution in [3.05, 3.63) is 96.3 Å². The Morgan fingerprint density at radius 2 is 1.87 bits per heavy atom. The molecule has 0 spiro atoms. The lowest BCUT2D eigenvalue weighted by Gasteiger charge is -2.24. The van der Waals surface area contributed by atoms with Gasteiger partial charge in [-0.25, -0.2) is 9.79 Å². The van der Waals surface area contributed by atoms with Crippen LogP contribution in [0.15, 0.2) is 69.6 Å². The summed E-state index contributed by atoms with van der Waals surface area (Å²) in [7, 11) is 0. The minimum absolute atomic E-state index is 0.219. The maximum Gasteiger partial charge on any atom is 0.338 e. The van der Waals surface area contributed by atoms with Gasteiger partial charge in [0.1, 0.15) is 5.75 Å². The van der Waals surface area contributed by atoms with Gasteiger partial charge in [-0.2, -0.15) is 0 Å².